The molecule has 0 spiro atoms. The van der Waals surface area contributed by atoms with Gasteiger partial charge >= 0.3 is 0 Å². The topological polar surface area (TPSA) is 74.1 Å². The molecule has 0 bridgehead atoms. The van der Waals surface area contributed by atoms with E-state index in [1.807, 2.05) is 6.07 Å². The number of nitrogens with one attached hydrogen (secondary N) is 2. The van der Waals surface area contributed by atoms with E-state index in [1.165, 1.54) is 31.5 Å². The summed E-state index contributed by atoms with van der Waals surface area (Å²) in [6.07, 6.45) is 1.97. The molecule has 2 rings (SSSR count). The highest BCUT2D eigenvalue weighted by atomic mass is 35.5. The number of carbonyl (C=O) groups is 1. The van der Waals surface area contributed by atoms with Gasteiger partial charge in [0.1, 0.15) is 23.2 Å². The lowest BCUT2D eigenvalue weighted by Crippen LogP contribution is -2.18. The maximum atomic E-state index is 12.9. The number of hydrogen-bond donors (Lipinski definition) is 2. The molecule has 0 atom stereocenters. The Kier molecular flexibility index (Phi) is 7.01. The SMILES string of the molecule is COc1ccc(Cl)cc1NC(=O)/C(C#N)=C\NCCc1ccc(F)cc1. The number of carbonyl (C=O) groups excluding carboxylic acids is 1. The second-order valence-electron chi connectivity index (χ2n) is 5.30. The molecule has 134 valence electrons. The smallest absolute Gasteiger partial charge is 0.267 e. The normalized spacial score (nSPS) is 10.8. The van der Waals surface area contributed by atoms with Crippen LogP contribution in [0.5, 0.6) is 5.75 Å². The molecular weight excluding hydrogens is 357 g/mol. The first-order valence-electron chi connectivity index (χ1n) is 7.76. The van der Waals surface area contributed by atoms with Crippen molar-refractivity contribution in [2.45, 2.75) is 6.42 Å². The van der Waals surface area contributed by atoms with Gasteiger partial charge in [-0.05, 0) is 42.3 Å². The van der Waals surface area contributed by atoms with E-state index in [9.17, 15) is 14.4 Å². The molecule has 0 aliphatic rings. The first kappa shape index (κ1) is 19.3. The van der Waals surface area contributed by atoms with Gasteiger partial charge in [-0.15, -0.1) is 0 Å². The highest BCUT2D eigenvalue weighted by Gasteiger charge is 2.12. The molecule has 0 heterocycles. The van der Waals surface area contributed by atoms with Gasteiger partial charge in [-0.3, -0.25) is 4.79 Å². The third kappa shape index (κ3) is 5.50. The number of methoxy groups -OCH3 is 1. The van der Waals surface area contributed by atoms with Crippen molar-refractivity contribution in [2.75, 3.05) is 19.0 Å². The van der Waals surface area contributed by atoms with E-state index < -0.39 is 5.91 Å². The predicted octanol–water partition coefficient (Wildman–Crippen LogP) is 3.67. The first-order valence-corrected chi connectivity index (χ1v) is 8.14. The van der Waals surface area contributed by atoms with Gasteiger partial charge in [-0.2, -0.15) is 5.26 Å². The summed E-state index contributed by atoms with van der Waals surface area (Å²) in [7, 11) is 1.47. The first-order chi connectivity index (χ1) is 12.5. The van der Waals surface area contributed by atoms with Crippen LogP contribution in [0.25, 0.3) is 0 Å². The Labute approximate surface area is 156 Å². The zero-order valence-corrected chi connectivity index (χ0v) is 14.8. The Morgan fingerprint density at radius 3 is 2.69 bits per heavy atom. The van der Waals surface area contributed by atoms with Crippen LogP contribution < -0.4 is 15.4 Å². The van der Waals surface area contributed by atoms with Crippen molar-refractivity contribution in [1.82, 2.24) is 5.32 Å². The van der Waals surface area contributed by atoms with Crippen LogP contribution in [0.2, 0.25) is 5.02 Å². The van der Waals surface area contributed by atoms with Gasteiger partial charge in [0.15, 0.2) is 0 Å². The summed E-state index contributed by atoms with van der Waals surface area (Å²) in [4.78, 5) is 12.2. The van der Waals surface area contributed by atoms with Gasteiger partial charge in [0.2, 0.25) is 0 Å². The Morgan fingerprint density at radius 2 is 2.04 bits per heavy atom. The number of anilines is 1. The van der Waals surface area contributed by atoms with E-state index in [4.69, 9.17) is 16.3 Å². The fourth-order valence-electron chi connectivity index (χ4n) is 2.16. The summed E-state index contributed by atoms with van der Waals surface area (Å²) >= 11 is 5.92. The van der Waals surface area contributed by atoms with Crippen LogP contribution in [-0.2, 0) is 11.2 Å². The number of nitrogens with zero attached hydrogens (tertiary/aromatic N) is 1. The summed E-state index contributed by atoms with van der Waals surface area (Å²) in [5.74, 6) is -0.437. The number of benzene rings is 2. The molecular formula is C19H17ClFN3O2. The maximum Gasteiger partial charge on any atom is 0.267 e. The van der Waals surface area contributed by atoms with Gasteiger partial charge < -0.3 is 15.4 Å². The molecule has 0 radical (unpaired) electrons. The lowest BCUT2D eigenvalue weighted by Gasteiger charge is -2.10. The standard InChI is InChI=1S/C19H17ClFN3O2/c1-26-18-7-4-15(20)10-17(18)24-19(25)14(11-22)12-23-9-8-13-2-5-16(21)6-3-13/h2-7,10,12,23H,8-9H2,1H3,(H,24,25)/b14-12-. The summed E-state index contributed by atoms with van der Waals surface area (Å²) in [6.45, 7) is 0.491. The number of hydrogen-bond acceptors (Lipinski definition) is 4. The minimum absolute atomic E-state index is 0.0915. The van der Waals surface area contributed by atoms with Gasteiger partial charge in [-0.25, -0.2) is 4.39 Å². The Morgan fingerprint density at radius 1 is 1.31 bits per heavy atom. The van der Waals surface area contributed by atoms with Crippen LogP contribution in [0.15, 0.2) is 54.2 Å². The van der Waals surface area contributed by atoms with Gasteiger partial charge in [0.05, 0.1) is 12.8 Å². The van der Waals surface area contributed by atoms with E-state index in [2.05, 4.69) is 10.6 Å². The summed E-state index contributed by atoms with van der Waals surface area (Å²) in [5.41, 5.74) is 1.22. The zero-order chi connectivity index (χ0) is 18.9. The molecule has 0 aliphatic heterocycles. The quantitative estimate of drug-likeness (QED) is 0.441. The van der Waals surface area contributed by atoms with Crippen molar-refractivity contribution in [3.05, 3.63) is 70.6 Å². The molecule has 2 aromatic carbocycles. The van der Waals surface area contributed by atoms with Crippen LogP contribution in [0, 0.1) is 17.1 Å². The number of ether oxygens (including phenoxy) is 1. The number of amides is 1. The van der Waals surface area contributed by atoms with Gasteiger partial charge in [-0.1, -0.05) is 23.7 Å². The average Bonchev–Trinajstić information content (AvgIpc) is 2.63. The molecule has 0 unspecified atom stereocenters. The second kappa shape index (κ2) is 9.44. The summed E-state index contributed by atoms with van der Waals surface area (Å²) in [6, 6.07) is 12.8. The highest BCUT2D eigenvalue weighted by molar-refractivity contribution is 6.31. The molecule has 0 saturated heterocycles. The van der Waals surface area contributed by atoms with Crippen LogP contribution in [0.4, 0.5) is 10.1 Å². The number of nitriles is 1. The van der Waals surface area contributed by atoms with Crippen molar-refractivity contribution >= 4 is 23.2 Å². The van der Waals surface area contributed by atoms with Crippen molar-refractivity contribution in [3.8, 4) is 11.8 Å². The van der Waals surface area contributed by atoms with Crippen molar-refractivity contribution in [1.29, 1.82) is 5.26 Å². The Bertz CT molecular complexity index is 845. The van der Waals surface area contributed by atoms with E-state index in [1.54, 1.807) is 24.3 Å². The minimum Gasteiger partial charge on any atom is -0.495 e. The molecule has 0 fully saturated rings. The third-order valence-electron chi connectivity index (χ3n) is 3.49. The summed E-state index contributed by atoms with van der Waals surface area (Å²) in [5, 5.41) is 15.1. The lowest BCUT2D eigenvalue weighted by atomic mass is 10.1. The van der Waals surface area contributed by atoms with E-state index in [0.717, 1.165) is 5.56 Å². The summed E-state index contributed by atoms with van der Waals surface area (Å²) < 4.78 is 18.0. The number of halogens is 2. The Balaban J connectivity index is 1.95. The largest absolute Gasteiger partial charge is 0.495 e. The lowest BCUT2D eigenvalue weighted by molar-refractivity contribution is -0.112. The molecule has 7 heteroatoms. The number of rotatable bonds is 7. The molecule has 0 saturated carbocycles. The molecule has 5 nitrogen and oxygen atoms in total. The van der Waals surface area contributed by atoms with Gasteiger partial charge in [0, 0.05) is 17.8 Å². The third-order valence-corrected chi connectivity index (χ3v) is 3.73. The minimum atomic E-state index is -0.581. The van der Waals surface area contributed by atoms with Crippen molar-refractivity contribution in [2.24, 2.45) is 0 Å². The zero-order valence-electron chi connectivity index (χ0n) is 14.1. The molecule has 2 N–H and O–H groups in total. The second-order valence-corrected chi connectivity index (χ2v) is 5.74. The predicted molar refractivity (Wildman–Crippen MR) is 98.4 cm³/mol. The van der Waals surface area contributed by atoms with Crippen LogP contribution in [-0.4, -0.2) is 19.6 Å². The maximum absolute atomic E-state index is 12.9. The van der Waals surface area contributed by atoms with Gasteiger partial charge in [0.25, 0.3) is 5.91 Å². The van der Waals surface area contributed by atoms with E-state index >= 15 is 0 Å². The fraction of sp³-hybridized carbons (Fsp3) is 0.158. The van der Waals surface area contributed by atoms with Crippen LogP contribution >= 0.6 is 11.6 Å². The molecule has 0 aliphatic carbocycles. The van der Waals surface area contributed by atoms with Crippen molar-refractivity contribution < 1.29 is 13.9 Å². The van der Waals surface area contributed by atoms with Crippen LogP contribution in [0.1, 0.15) is 5.56 Å². The van der Waals surface area contributed by atoms with Crippen molar-refractivity contribution in [3.63, 3.8) is 0 Å². The molecule has 0 aromatic heterocycles. The highest BCUT2D eigenvalue weighted by Crippen LogP contribution is 2.27. The molecule has 26 heavy (non-hydrogen) atoms. The average molecular weight is 374 g/mol. The fourth-order valence-corrected chi connectivity index (χ4v) is 2.33. The molecule has 1 amide bonds. The van der Waals surface area contributed by atoms with Crippen LogP contribution in [0.3, 0.4) is 0 Å². The Hall–Kier alpha value is -3.04. The van der Waals surface area contributed by atoms with E-state index in [0.29, 0.717) is 29.4 Å². The monoisotopic (exact) mass is 373 g/mol. The molecule has 2 aromatic rings. The van der Waals surface area contributed by atoms with E-state index in [-0.39, 0.29) is 11.4 Å².